The molecule has 0 bridgehead atoms. The number of nitrogens with one attached hydrogen (secondary N) is 3. The maximum absolute atomic E-state index is 11.9. The molecule has 0 atom stereocenters. The Morgan fingerprint density at radius 3 is 1.96 bits per heavy atom. The van der Waals surface area contributed by atoms with Crippen LogP contribution in [0.2, 0.25) is 0 Å². The van der Waals surface area contributed by atoms with Gasteiger partial charge in [0.15, 0.2) is 0 Å². The van der Waals surface area contributed by atoms with Crippen molar-refractivity contribution in [1.29, 1.82) is 0 Å². The Balaban J connectivity index is 1.98. The molecule has 0 aliphatic rings. The molecule has 0 fully saturated rings. The number of hydrogen-bond donors (Lipinski definition) is 4. The Labute approximate surface area is 151 Å². The summed E-state index contributed by atoms with van der Waals surface area (Å²) >= 11 is 0. The van der Waals surface area contributed by atoms with Gasteiger partial charge in [-0.05, 0) is 55.1 Å². The second kappa shape index (κ2) is 8.28. The van der Waals surface area contributed by atoms with E-state index >= 15 is 0 Å². The number of nitrogens with two attached hydrogens (primary N) is 1. The average Bonchev–Trinajstić information content (AvgIpc) is 2.61. The summed E-state index contributed by atoms with van der Waals surface area (Å²) < 4.78 is 25.5. The van der Waals surface area contributed by atoms with Crippen molar-refractivity contribution in [3.63, 3.8) is 0 Å². The first kappa shape index (κ1) is 19.2. The molecule has 2 aromatic rings. The first-order valence-electron chi connectivity index (χ1n) is 7.49. The molecular weight excluding hydrogens is 356 g/mol. The molecule has 0 unspecified atom stereocenters. The molecule has 3 amide bonds. The number of urea groups is 1. The number of rotatable bonds is 6. The van der Waals surface area contributed by atoms with Gasteiger partial charge in [0.25, 0.3) is 0 Å². The molecule has 0 aromatic heterocycles. The number of sulfonamides is 1. The fourth-order valence-corrected chi connectivity index (χ4v) is 2.74. The number of anilines is 2. The molecular formula is C17H18N4O4S. The summed E-state index contributed by atoms with van der Waals surface area (Å²) in [5.74, 6) is -0.354. The van der Waals surface area contributed by atoms with Crippen molar-refractivity contribution in [1.82, 2.24) is 4.72 Å². The summed E-state index contributed by atoms with van der Waals surface area (Å²) in [6, 6.07) is 11.9. The molecule has 136 valence electrons. The third-order valence-electron chi connectivity index (χ3n) is 3.31. The number of amides is 3. The highest BCUT2D eigenvalue weighted by atomic mass is 32.2. The van der Waals surface area contributed by atoms with E-state index in [4.69, 9.17) is 5.73 Å². The van der Waals surface area contributed by atoms with Crippen LogP contribution in [0.5, 0.6) is 0 Å². The minimum atomic E-state index is -3.49. The minimum Gasteiger partial charge on any atom is -0.351 e. The van der Waals surface area contributed by atoms with Gasteiger partial charge in [0.2, 0.25) is 15.9 Å². The molecule has 0 spiro atoms. The maximum Gasteiger partial charge on any atom is 0.316 e. The lowest BCUT2D eigenvalue weighted by Gasteiger charge is -2.05. The van der Waals surface area contributed by atoms with E-state index in [9.17, 15) is 18.0 Å². The molecule has 0 saturated carbocycles. The van der Waals surface area contributed by atoms with Crippen LogP contribution in [0, 0.1) is 0 Å². The largest absolute Gasteiger partial charge is 0.351 e. The second-order valence-electron chi connectivity index (χ2n) is 5.17. The van der Waals surface area contributed by atoms with Crippen LogP contribution in [-0.4, -0.2) is 27.4 Å². The zero-order chi connectivity index (χ0) is 19.2. The van der Waals surface area contributed by atoms with Crippen molar-refractivity contribution >= 4 is 39.4 Å². The Morgan fingerprint density at radius 2 is 1.46 bits per heavy atom. The SMILES string of the molecule is CNS(=O)(=O)c1ccc(/C=C/C(=O)Nc2ccc(NC(N)=O)cc2)cc1. The van der Waals surface area contributed by atoms with Crippen molar-refractivity contribution < 1.29 is 18.0 Å². The van der Waals surface area contributed by atoms with Crippen LogP contribution in [-0.2, 0) is 14.8 Å². The first-order chi connectivity index (χ1) is 12.3. The zero-order valence-electron chi connectivity index (χ0n) is 13.9. The van der Waals surface area contributed by atoms with E-state index in [2.05, 4.69) is 15.4 Å². The number of carbonyl (C=O) groups excluding carboxylic acids is 2. The van der Waals surface area contributed by atoms with Crippen LogP contribution in [0.25, 0.3) is 6.08 Å². The third kappa shape index (κ3) is 5.43. The lowest BCUT2D eigenvalue weighted by molar-refractivity contribution is -0.111. The van der Waals surface area contributed by atoms with E-state index in [-0.39, 0.29) is 10.8 Å². The highest BCUT2D eigenvalue weighted by molar-refractivity contribution is 7.89. The van der Waals surface area contributed by atoms with Crippen molar-refractivity contribution in [3.05, 3.63) is 60.2 Å². The van der Waals surface area contributed by atoms with Gasteiger partial charge in [-0.25, -0.2) is 17.9 Å². The Bertz CT molecular complexity index is 920. The zero-order valence-corrected chi connectivity index (χ0v) is 14.7. The van der Waals surface area contributed by atoms with E-state index in [1.165, 1.54) is 25.3 Å². The molecule has 0 aliphatic carbocycles. The van der Waals surface area contributed by atoms with Gasteiger partial charge in [0.05, 0.1) is 4.90 Å². The smallest absolute Gasteiger partial charge is 0.316 e. The predicted molar refractivity (Wildman–Crippen MR) is 100.0 cm³/mol. The van der Waals surface area contributed by atoms with Crippen LogP contribution in [0.3, 0.4) is 0 Å². The van der Waals surface area contributed by atoms with Gasteiger partial charge in [-0.1, -0.05) is 12.1 Å². The summed E-state index contributed by atoms with van der Waals surface area (Å²) in [6.07, 6.45) is 2.89. The first-order valence-corrected chi connectivity index (χ1v) is 8.98. The van der Waals surface area contributed by atoms with Crippen LogP contribution in [0.15, 0.2) is 59.5 Å². The van der Waals surface area contributed by atoms with Gasteiger partial charge in [-0.2, -0.15) is 0 Å². The molecule has 0 radical (unpaired) electrons. The minimum absolute atomic E-state index is 0.145. The van der Waals surface area contributed by atoms with Crippen LogP contribution in [0.4, 0.5) is 16.2 Å². The van der Waals surface area contributed by atoms with Crippen LogP contribution in [0.1, 0.15) is 5.56 Å². The molecule has 9 heteroatoms. The van der Waals surface area contributed by atoms with Crippen LogP contribution < -0.4 is 21.1 Å². The summed E-state index contributed by atoms with van der Waals surface area (Å²) in [5.41, 5.74) is 6.75. The molecule has 0 saturated heterocycles. The van der Waals surface area contributed by atoms with Crippen molar-refractivity contribution in [2.24, 2.45) is 5.73 Å². The van der Waals surface area contributed by atoms with Gasteiger partial charge in [-0.3, -0.25) is 4.79 Å². The number of primary amides is 1. The van der Waals surface area contributed by atoms with E-state index < -0.39 is 16.1 Å². The predicted octanol–water partition coefficient (Wildman–Crippen LogP) is 1.74. The average molecular weight is 374 g/mol. The van der Waals surface area contributed by atoms with Gasteiger partial charge in [-0.15, -0.1) is 0 Å². The van der Waals surface area contributed by atoms with E-state index in [0.29, 0.717) is 16.9 Å². The molecule has 2 rings (SSSR count). The Kier molecular flexibility index (Phi) is 6.10. The summed E-state index contributed by atoms with van der Waals surface area (Å²) in [6.45, 7) is 0. The molecule has 0 aliphatic heterocycles. The van der Waals surface area contributed by atoms with Gasteiger partial charge in [0, 0.05) is 17.5 Å². The van der Waals surface area contributed by atoms with E-state index in [0.717, 1.165) is 0 Å². The number of carbonyl (C=O) groups is 2. The maximum atomic E-state index is 11.9. The summed E-state index contributed by atoms with van der Waals surface area (Å²) in [5, 5.41) is 5.08. The number of benzene rings is 2. The van der Waals surface area contributed by atoms with Crippen molar-refractivity contribution in [3.8, 4) is 0 Å². The molecule has 26 heavy (non-hydrogen) atoms. The summed E-state index contributed by atoms with van der Waals surface area (Å²) in [7, 11) is -2.15. The molecule has 0 heterocycles. The third-order valence-corrected chi connectivity index (χ3v) is 4.74. The normalized spacial score (nSPS) is 11.3. The monoisotopic (exact) mass is 374 g/mol. The van der Waals surface area contributed by atoms with Gasteiger partial charge < -0.3 is 16.4 Å². The second-order valence-corrected chi connectivity index (χ2v) is 7.05. The Morgan fingerprint density at radius 1 is 0.923 bits per heavy atom. The molecule has 8 nitrogen and oxygen atoms in total. The van der Waals surface area contributed by atoms with Crippen molar-refractivity contribution in [2.75, 3.05) is 17.7 Å². The Hall–Kier alpha value is -3.17. The van der Waals surface area contributed by atoms with E-state index in [1.807, 2.05) is 0 Å². The highest BCUT2D eigenvalue weighted by Gasteiger charge is 2.09. The van der Waals surface area contributed by atoms with Crippen molar-refractivity contribution in [2.45, 2.75) is 4.90 Å². The lowest BCUT2D eigenvalue weighted by Crippen LogP contribution is -2.19. The summed E-state index contributed by atoms with van der Waals surface area (Å²) in [4.78, 5) is 22.8. The standard InChI is InChI=1S/C17H18N4O4S/c1-19-26(24,25)15-9-2-12(3-10-15)4-11-16(22)20-13-5-7-14(8-6-13)21-17(18)23/h2-11,19H,1H3,(H,20,22)(H3,18,21,23)/b11-4+. The van der Waals surface area contributed by atoms with Crippen LogP contribution >= 0.6 is 0 Å². The number of hydrogen-bond acceptors (Lipinski definition) is 4. The molecule has 2 aromatic carbocycles. The van der Waals surface area contributed by atoms with Gasteiger partial charge in [0.1, 0.15) is 0 Å². The fourth-order valence-electron chi connectivity index (χ4n) is 2.01. The lowest BCUT2D eigenvalue weighted by atomic mass is 10.2. The highest BCUT2D eigenvalue weighted by Crippen LogP contribution is 2.14. The quantitative estimate of drug-likeness (QED) is 0.574. The van der Waals surface area contributed by atoms with E-state index in [1.54, 1.807) is 42.5 Å². The fraction of sp³-hybridized carbons (Fsp3) is 0.0588. The topological polar surface area (TPSA) is 130 Å². The van der Waals surface area contributed by atoms with Gasteiger partial charge >= 0.3 is 6.03 Å². The molecule has 5 N–H and O–H groups in total.